The molecule has 3 rings (SSSR count). The Morgan fingerprint density at radius 2 is 2.00 bits per heavy atom. The van der Waals surface area contributed by atoms with Gasteiger partial charge in [-0.05, 0) is 44.4 Å². The summed E-state index contributed by atoms with van der Waals surface area (Å²) in [5.74, 6) is 0.0358. The number of aliphatic hydroxyl groups is 1. The summed E-state index contributed by atoms with van der Waals surface area (Å²) in [7, 11) is 0. The number of aliphatic hydroxyl groups excluding tert-OH is 1. The third-order valence-corrected chi connectivity index (χ3v) is 5.84. The van der Waals surface area contributed by atoms with E-state index >= 15 is 0 Å². The number of nitrogens with one attached hydrogen (secondary N) is 1. The van der Waals surface area contributed by atoms with Gasteiger partial charge in [-0.1, -0.05) is 23.2 Å². The molecule has 0 bridgehead atoms. The van der Waals surface area contributed by atoms with E-state index in [4.69, 9.17) is 33.0 Å². The monoisotopic (exact) mass is 438 g/mol. The number of aryl methyl sites for hydroxylation is 2. The maximum Gasteiger partial charge on any atom is 0.256 e. The number of nitrogens with zero attached hydrogens (tertiary/aromatic N) is 1. The number of amides is 1. The third-order valence-electron chi connectivity index (χ3n) is 5.12. The number of halogens is 2. The smallest absolute Gasteiger partial charge is 0.256 e. The van der Waals surface area contributed by atoms with Gasteiger partial charge in [0.2, 0.25) is 0 Å². The van der Waals surface area contributed by atoms with Crippen LogP contribution in [0.2, 0.25) is 10.0 Å². The molecule has 0 saturated carbocycles. The maximum absolute atomic E-state index is 13.2. The van der Waals surface area contributed by atoms with Crippen LogP contribution in [-0.2, 0) is 13.0 Å². The zero-order valence-electron chi connectivity index (χ0n) is 16.6. The molecule has 1 aromatic carbocycles. The molecule has 0 radical (unpaired) electrons. The van der Waals surface area contributed by atoms with E-state index in [0.717, 1.165) is 11.3 Å². The van der Waals surface area contributed by atoms with Crippen molar-refractivity contribution < 1.29 is 14.6 Å². The summed E-state index contributed by atoms with van der Waals surface area (Å²) in [4.78, 5) is 30.0. The number of ether oxygens (including phenoxy) is 1. The van der Waals surface area contributed by atoms with Crippen molar-refractivity contribution in [2.75, 3.05) is 13.2 Å². The van der Waals surface area contributed by atoms with Crippen LogP contribution in [0.25, 0.3) is 0 Å². The first-order valence-electron chi connectivity index (χ1n) is 9.50. The van der Waals surface area contributed by atoms with E-state index in [1.165, 1.54) is 0 Å². The molecule has 2 N–H and O–H groups in total. The highest BCUT2D eigenvalue weighted by molar-refractivity contribution is 6.38. The maximum atomic E-state index is 13.2. The predicted molar refractivity (Wildman–Crippen MR) is 113 cm³/mol. The number of aromatic nitrogens is 1. The van der Waals surface area contributed by atoms with E-state index in [2.05, 4.69) is 4.98 Å². The number of aromatic amines is 1. The molecule has 1 aromatic heterocycles. The first kappa shape index (κ1) is 21.7. The van der Waals surface area contributed by atoms with E-state index in [1.807, 2.05) is 19.9 Å². The molecule has 2 aromatic rings. The second-order valence-corrected chi connectivity index (χ2v) is 8.17. The molecular formula is C21H24Cl2N2O4. The molecule has 0 saturated heterocycles. The minimum atomic E-state index is -0.282. The summed E-state index contributed by atoms with van der Waals surface area (Å²) in [5.41, 5.74) is 2.98. The van der Waals surface area contributed by atoms with Crippen molar-refractivity contribution in [1.82, 2.24) is 9.88 Å². The highest BCUT2D eigenvalue weighted by Gasteiger charge is 2.31. The minimum absolute atomic E-state index is 0.0192. The van der Waals surface area contributed by atoms with Crippen molar-refractivity contribution in [2.45, 2.75) is 46.3 Å². The van der Waals surface area contributed by atoms with Gasteiger partial charge in [-0.15, -0.1) is 0 Å². The van der Waals surface area contributed by atoms with E-state index in [9.17, 15) is 9.59 Å². The molecule has 0 unspecified atom stereocenters. The molecule has 0 aliphatic carbocycles. The van der Waals surface area contributed by atoms with Crippen LogP contribution < -0.4 is 10.3 Å². The van der Waals surface area contributed by atoms with Gasteiger partial charge >= 0.3 is 0 Å². The van der Waals surface area contributed by atoms with E-state index in [0.29, 0.717) is 46.8 Å². The van der Waals surface area contributed by atoms with Gasteiger partial charge in [0.15, 0.2) is 0 Å². The lowest BCUT2D eigenvalue weighted by molar-refractivity contribution is 0.0725. The molecule has 0 spiro atoms. The summed E-state index contributed by atoms with van der Waals surface area (Å²) in [6.07, 6.45) is 0.686. The Hall–Kier alpha value is -2.02. The fraction of sp³-hybridized carbons (Fsp3) is 0.429. The number of hydrogen-bond donors (Lipinski definition) is 2. The van der Waals surface area contributed by atoms with E-state index in [1.54, 1.807) is 17.9 Å². The molecule has 1 aliphatic heterocycles. The number of pyridine rings is 1. The Morgan fingerprint density at radius 3 is 2.66 bits per heavy atom. The van der Waals surface area contributed by atoms with Crippen LogP contribution in [0.15, 0.2) is 16.9 Å². The second-order valence-electron chi connectivity index (χ2n) is 7.38. The zero-order chi connectivity index (χ0) is 21.3. The van der Waals surface area contributed by atoms with Crippen molar-refractivity contribution in [3.63, 3.8) is 0 Å². The zero-order valence-corrected chi connectivity index (χ0v) is 18.2. The van der Waals surface area contributed by atoms with Crippen LogP contribution >= 0.6 is 23.2 Å². The second kappa shape index (κ2) is 8.78. The molecule has 156 valence electrons. The molecule has 1 amide bonds. The average molecular weight is 439 g/mol. The summed E-state index contributed by atoms with van der Waals surface area (Å²) in [6, 6.07) is 3.51. The molecule has 0 fully saturated rings. The Balaban J connectivity index is 1.94. The molecule has 1 atom stereocenters. The summed E-state index contributed by atoms with van der Waals surface area (Å²) in [5, 5.41) is 9.71. The normalized spacial score (nSPS) is 14.7. The molecule has 1 aliphatic rings. The number of H-pyrrole nitrogens is 1. The third kappa shape index (κ3) is 4.44. The SMILES string of the molecule is Cc1cc(C)c(CN2CCc3c(Cl)cc(O[C@H](C)CCO)c(Cl)c3C2=O)c(=O)[nH]1. The standard InChI is InChI=1S/C21H24Cl2N2O4/c1-11-8-12(2)24-20(27)15(11)10-25-6-4-14-16(22)9-17(29-13(3)5-7-26)19(23)18(14)21(25)28/h8-9,13,26H,4-7,10H2,1-3H3,(H,24,27)/t13-/m1/s1. The molecule has 29 heavy (non-hydrogen) atoms. The van der Waals surface area contributed by atoms with E-state index in [-0.39, 0.29) is 35.7 Å². The Bertz CT molecular complexity index is 1000. The van der Waals surface area contributed by atoms with Gasteiger partial charge < -0.3 is 19.7 Å². The number of fused-ring (bicyclic) bond motifs is 1. The van der Waals surface area contributed by atoms with Crippen LogP contribution in [0.4, 0.5) is 0 Å². The van der Waals surface area contributed by atoms with Crippen molar-refractivity contribution >= 4 is 29.1 Å². The summed E-state index contributed by atoms with van der Waals surface area (Å²) in [6.45, 7) is 6.10. The Morgan fingerprint density at radius 1 is 1.28 bits per heavy atom. The van der Waals surface area contributed by atoms with Gasteiger partial charge in [0.05, 0.1) is 23.2 Å². The molecular weight excluding hydrogens is 415 g/mol. The quantitative estimate of drug-likeness (QED) is 0.720. The Labute approximate surface area is 179 Å². The molecule has 2 heterocycles. The lowest BCUT2D eigenvalue weighted by atomic mass is 9.97. The highest BCUT2D eigenvalue weighted by Crippen LogP contribution is 2.39. The van der Waals surface area contributed by atoms with Crippen LogP contribution in [0.5, 0.6) is 5.75 Å². The number of carbonyl (C=O) groups is 1. The highest BCUT2D eigenvalue weighted by atomic mass is 35.5. The first-order valence-corrected chi connectivity index (χ1v) is 10.3. The van der Waals surface area contributed by atoms with Crippen LogP contribution in [0.1, 0.15) is 46.1 Å². The first-order chi connectivity index (χ1) is 13.7. The fourth-order valence-corrected chi connectivity index (χ4v) is 4.16. The van der Waals surface area contributed by atoms with Gasteiger partial charge in [0.25, 0.3) is 11.5 Å². The van der Waals surface area contributed by atoms with Gasteiger partial charge in [0, 0.05) is 41.9 Å². The number of rotatable bonds is 6. The summed E-state index contributed by atoms with van der Waals surface area (Å²) >= 11 is 12.9. The van der Waals surface area contributed by atoms with Gasteiger partial charge in [0.1, 0.15) is 5.75 Å². The fourth-order valence-electron chi connectivity index (χ4n) is 3.58. The number of benzene rings is 1. The summed E-state index contributed by atoms with van der Waals surface area (Å²) < 4.78 is 5.78. The molecule has 6 nitrogen and oxygen atoms in total. The van der Waals surface area contributed by atoms with Crippen molar-refractivity contribution in [1.29, 1.82) is 0 Å². The number of carbonyl (C=O) groups excluding carboxylic acids is 1. The van der Waals surface area contributed by atoms with E-state index < -0.39 is 0 Å². The Kier molecular flexibility index (Phi) is 6.56. The lowest BCUT2D eigenvalue weighted by Crippen LogP contribution is -2.39. The van der Waals surface area contributed by atoms with Crippen molar-refractivity contribution in [2.24, 2.45) is 0 Å². The van der Waals surface area contributed by atoms with Crippen LogP contribution in [0.3, 0.4) is 0 Å². The van der Waals surface area contributed by atoms with Crippen LogP contribution in [0, 0.1) is 13.8 Å². The average Bonchev–Trinajstić information content (AvgIpc) is 2.63. The van der Waals surface area contributed by atoms with Crippen molar-refractivity contribution in [3.05, 3.63) is 60.5 Å². The topological polar surface area (TPSA) is 82.6 Å². The van der Waals surface area contributed by atoms with Gasteiger partial charge in [-0.3, -0.25) is 9.59 Å². The lowest BCUT2D eigenvalue weighted by Gasteiger charge is -2.31. The molecule has 8 heteroatoms. The minimum Gasteiger partial charge on any atom is -0.489 e. The van der Waals surface area contributed by atoms with Crippen LogP contribution in [-0.4, -0.2) is 40.2 Å². The predicted octanol–water partition coefficient (Wildman–Crippen LogP) is 3.65. The number of hydrogen-bond acceptors (Lipinski definition) is 4. The van der Waals surface area contributed by atoms with Gasteiger partial charge in [-0.25, -0.2) is 0 Å². The largest absolute Gasteiger partial charge is 0.489 e. The van der Waals surface area contributed by atoms with Gasteiger partial charge in [-0.2, -0.15) is 0 Å². The van der Waals surface area contributed by atoms with Crippen molar-refractivity contribution in [3.8, 4) is 5.75 Å².